The Balaban J connectivity index is 0.00000645. The minimum Gasteiger partial charge on any atom is -0.461 e. The van der Waals surface area contributed by atoms with Crippen LogP contribution in [0.25, 0.3) is 0 Å². The zero-order valence-electron chi connectivity index (χ0n) is 23.8. The summed E-state index contributed by atoms with van der Waals surface area (Å²) in [5.41, 5.74) is 4.07. The molecule has 8 atom stereocenters. The van der Waals surface area contributed by atoms with E-state index in [1.165, 1.54) is 6.92 Å². The largest absolute Gasteiger partial charge is 0.461 e. The number of halogens is 2. The second-order valence-electron chi connectivity index (χ2n) is 10.2. The van der Waals surface area contributed by atoms with Crippen molar-refractivity contribution in [2.75, 3.05) is 6.61 Å². The average molecular weight is 630 g/mol. The summed E-state index contributed by atoms with van der Waals surface area (Å²) in [5.74, 6) is -3.82. The van der Waals surface area contributed by atoms with Crippen molar-refractivity contribution in [1.29, 1.82) is 0 Å². The number of rotatable bonds is 12. The smallest absolute Gasteiger partial charge is 0.330 e. The van der Waals surface area contributed by atoms with Crippen molar-refractivity contribution in [2.45, 2.75) is 76.3 Å². The molecule has 0 saturated carbocycles. The maximum atomic E-state index is 13.7. The van der Waals surface area contributed by atoms with Crippen molar-refractivity contribution in [2.24, 2.45) is 11.7 Å². The number of hydrogen-bond acceptors (Lipinski definition) is 10. The number of H-pyrrole nitrogens is 1. The molecule has 0 bridgehead atoms. The first-order valence-corrected chi connectivity index (χ1v) is 13.4. The number of hydrogen-bond donors (Lipinski definition) is 6. The van der Waals surface area contributed by atoms with Gasteiger partial charge in [0.1, 0.15) is 37.0 Å². The molecule has 7 N–H and O–H groups in total. The zero-order valence-corrected chi connectivity index (χ0v) is 24.6. The van der Waals surface area contributed by atoms with Crippen LogP contribution < -0.4 is 27.6 Å². The Kier molecular flexibility index (Phi) is 13.0. The van der Waals surface area contributed by atoms with E-state index in [0.29, 0.717) is 17.2 Å². The van der Waals surface area contributed by atoms with Gasteiger partial charge in [0.05, 0.1) is 12.2 Å². The number of benzene rings is 1. The van der Waals surface area contributed by atoms with Gasteiger partial charge in [-0.2, -0.15) is 4.39 Å². The normalized spacial score (nSPS) is 22.4. The minimum atomic E-state index is -1.73. The lowest BCUT2D eigenvalue weighted by molar-refractivity contribution is -0.155. The van der Waals surface area contributed by atoms with Gasteiger partial charge in [-0.15, -0.1) is 12.4 Å². The summed E-state index contributed by atoms with van der Waals surface area (Å²) in [4.78, 5) is 63.9. The van der Waals surface area contributed by atoms with E-state index in [4.69, 9.17) is 15.2 Å². The van der Waals surface area contributed by atoms with E-state index in [1.54, 1.807) is 49.2 Å². The number of carbonyl (C=O) groups excluding carboxylic acids is 3. The maximum absolute atomic E-state index is 13.7. The average Bonchev–Trinajstić information content (AvgIpc) is 3.24. The third-order valence-corrected chi connectivity index (χ3v) is 7.02. The molecule has 2 heterocycles. The molecule has 0 radical (unpaired) electrons. The number of ether oxygens (including phenoxy) is 2. The number of carbonyl (C=O) groups is 3. The van der Waals surface area contributed by atoms with Gasteiger partial charge in [0.25, 0.3) is 5.56 Å². The molecule has 1 aromatic heterocycles. The van der Waals surface area contributed by atoms with Gasteiger partial charge in [-0.05, 0) is 18.4 Å². The van der Waals surface area contributed by atoms with Crippen LogP contribution in [0.3, 0.4) is 0 Å². The number of esters is 1. The predicted molar refractivity (Wildman–Crippen MR) is 153 cm³/mol. The summed E-state index contributed by atoms with van der Waals surface area (Å²) < 4.78 is 25.1. The molecule has 1 aliphatic rings. The summed E-state index contributed by atoms with van der Waals surface area (Å²) in [7, 11) is 0. The fraction of sp³-hybridized carbons (Fsp3) is 0.519. The van der Waals surface area contributed by atoms with Crippen LogP contribution in [0.4, 0.5) is 4.39 Å². The lowest BCUT2D eigenvalue weighted by atomic mass is 9.98. The summed E-state index contributed by atoms with van der Waals surface area (Å²) in [6.07, 6.45) is -5.18. The SMILES string of the molecule is CC[C@H](C)[C@H](NC(=O)[C@H](Cc1ccccc1)NC(=O)[C@H](C)N)C(=O)OC[C@H]1O[C@@H](n2cc(F)c(=O)[nH]c2=O)[C@H](O)[C@@H]1O.Cl. The Bertz CT molecular complexity index is 1370. The Hall–Kier alpha value is -3.63. The van der Waals surface area contributed by atoms with E-state index in [9.17, 15) is 38.6 Å². The zero-order chi connectivity index (χ0) is 31.1. The monoisotopic (exact) mass is 629 g/mol. The van der Waals surface area contributed by atoms with Crippen molar-refractivity contribution in [3.05, 3.63) is 68.7 Å². The van der Waals surface area contributed by atoms with Crippen molar-refractivity contribution >= 4 is 30.2 Å². The molecule has 3 rings (SSSR count). The van der Waals surface area contributed by atoms with Crippen LogP contribution in [0.15, 0.2) is 46.1 Å². The first-order chi connectivity index (χ1) is 19.8. The number of aliphatic hydroxyl groups excluding tert-OH is 2. The number of aliphatic hydroxyl groups is 2. The van der Waals surface area contributed by atoms with E-state index in [-0.39, 0.29) is 18.8 Å². The summed E-state index contributed by atoms with van der Waals surface area (Å²) in [6.45, 7) is 4.38. The van der Waals surface area contributed by atoms with Gasteiger partial charge in [0.15, 0.2) is 6.23 Å². The summed E-state index contributed by atoms with van der Waals surface area (Å²) >= 11 is 0. The summed E-state index contributed by atoms with van der Waals surface area (Å²) in [5, 5.41) is 26.1. The molecule has 16 heteroatoms. The van der Waals surface area contributed by atoms with Crippen LogP contribution in [0.5, 0.6) is 0 Å². The molecule has 1 aromatic carbocycles. The summed E-state index contributed by atoms with van der Waals surface area (Å²) in [6, 6.07) is 5.82. The highest BCUT2D eigenvalue weighted by Crippen LogP contribution is 2.28. The lowest BCUT2D eigenvalue weighted by Gasteiger charge is -2.27. The van der Waals surface area contributed by atoms with Crippen molar-refractivity contribution in [3.63, 3.8) is 0 Å². The van der Waals surface area contributed by atoms with E-state index in [0.717, 1.165) is 5.56 Å². The maximum Gasteiger partial charge on any atom is 0.330 e. The molecule has 2 amide bonds. The molecule has 238 valence electrons. The van der Waals surface area contributed by atoms with Crippen LogP contribution in [-0.2, 0) is 30.3 Å². The molecular weight excluding hydrogens is 593 g/mol. The van der Waals surface area contributed by atoms with Gasteiger partial charge >= 0.3 is 11.7 Å². The second-order valence-corrected chi connectivity index (χ2v) is 10.2. The van der Waals surface area contributed by atoms with E-state index < -0.39 is 90.0 Å². The fourth-order valence-electron chi connectivity index (χ4n) is 4.29. The standard InChI is InChI=1S/C27H36FN5O9.ClH/c1-4-13(2)19(31-24(38)17(30-22(36)14(3)29)10-15-8-6-5-7-9-15)26(39)41-12-18-20(34)21(35)25(42-18)33-11-16(28)23(37)32-27(33)40;/h5-9,11,13-14,17-21,25,34-35H,4,10,12,29H2,1-3H3,(H,30,36)(H,31,38)(H,32,37,40);1H/t13-,14-,17-,18+,19-,20+,21+,25+;/m0./s1. The highest BCUT2D eigenvalue weighted by atomic mass is 35.5. The van der Waals surface area contributed by atoms with Crippen LogP contribution in [0.2, 0.25) is 0 Å². The van der Waals surface area contributed by atoms with Gasteiger partial charge in [-0.3, -0.25) is 23.9 Å². The Morgan fingerprint density at radius 1 is 1.12 bits per heavy atom. The highest BCUT2D eigenvalue weighted by Gasteiger charge is 2.45. The fourth-order valence-corrected chi connectivity index (χ4v) is 4.29. The van der Waals surface area contributed by atoms with Crippen LogP contribution in [0.1, 0.15) is 39.0 Å². The molecule has 43 heavy (non-hydrogen) atoms. The van der Waals surface area contributed by atoms with E-state index in [2.05, 4.69) is 10.6 Å². The molecule has 1 saturated heterocycles. The van der Waals surface area contributed by atoms with Gasteiger partial charge in [0, 0.05) is 6.42 Å². The number of aromatic amines is 1. The third kappa shape index (κ3) is 8.93. The van der Waals surface area contributed by atoms with Crippen molar-refractivity contribution < 1.29 is 38.5 Å². The third-order valence-electron chi connectivity index (χ3n) is 7.02. The van der Waals surface area contributed by atoms with Gasteiger partial charge < -0.3 is 36.1 Å². The molecule has 14 nitrogen and oxygen atoms in total. The van der Waals surface area contributed by atoms with E-state index in [1.807, 2.05) is 0 Å². The first-order valence-electron chi connectivity index (χ1n) is 13.4. The predicted octanol–water partition coefficient (Wildman–Crippen LogP) is -1.13. The molecule has 1 fully saturated rings. The quantitative estimate of drug-likeness (QED) is 0.155. The minimum absolute atomic E-state index is 0. The Labute approximate surface area is 252 Å². The number of nitrogens with zero attached hydrogens (tertiary/aromatic N) is 1. The van der Waals surface area contributed by atoms with Gasteiger partial charge in [-0.1, -0.05) is 50.6 Å². The molecular formula is C27H37ClFN5O9. The van der Waals surface area contributed by atoms with Gasteiger partial charge in [-0.25, -0.2) is 9.59 Å². The highest BCUT2D eigenvalue weighted by molar-refractivity contribution is 5.92. The number of aromatic nitrogens is 2. The molecule has 2 aromatic rings. The van der Waals surface area contributed by atoms with Crippen molar-refractivity contribution in [3.8, 4) is 0 Å². The second kappa shape index (κ2) is 15.7. The van der Waals surface area contributed by atoms with Crippen LogP contribution >= 0.6 is 12.4 Å². The molecule has 0 unspecified atom stereocenters. The van der Waals surface area contributed by atoms with Gasteiger partial charge in [0.2, 0.25) is 17.6 Å². The molecule has 0 spiro atoms. The van der Waals surface area contributed by atoms with Crippen molar-refractivity contribution in [1.82, 2.24) is 20.2 Å². The van der Waals surface area contributed by atoms with E-state index >= 15 is 0 Å². The first kappa shape index (κ1) is 35.6. The molecule has 1 aliphatic heterocycles. The number of amides is 2. The topological polar surface area (TPSA) is 215 Å². The number of nitrogens with one attached hydrogen (secondary N) is 3. The Morgan fingerprint density at radius 2 is 1.77 bits per heavy atom. The van der Waals surface area contributed by atoms with Crippen LogP contribution in [-0.4, -0.2) is 80.6 Å². The lowest BCUT2D eigenvalue weighted by Crippen LogP contribution is -2.56. The molecule has 0 aliphatic carbocycles. The number of nitrogens with two attached hydrogens (primary N) is 1. The Morgan fingerprint density at radius 3 is 2.37 bits per heavy atom. The van der Waals surface area contributed by atoms with Crippen LogP contribution in [0, 0.1) is 11.7 Å².